The lowest BCUT2D eigenvalue weighted by atomic mass is 9.96. The Kier molecular flexibility index (Phi) is 46.7. The van der Waals surface area contributed by atoms with Crippen molar-refractivity contribution < 1.29 is 89.4 Å². The molecule has 19 nitrogen and oxygen atoms in total. The molecule has 0 aliphatic carbocycles. The van der Waals surface area contributed by atoms with Crippen LogP contribution in [0.5, 0.6) is 0 Å². The number of ether oxygens (including phenoxy) is 6. The van der Waals surface area contributed by atoms with E-state index in [4.69, 9.17) is 28.4 Å². The van der Waals surface area contributed by atoms with Crippen molar-refractivity contribution in [2.24, 2.45) is 0 Å². The van der Waals surface area contributed by atoms with Crippen molar-refractivity contribution in [2.45, 2.75) is 336 Å². The van der Waals surface area contributed by atoms with Crippen LogP contribution in [0.25, 0.3) is 0 Å². The number of carbonyl (C=O) groups excluding carboxylic acids is 1. The van der Waals surface area contributed by atoms with Crippen molar-refractivity contribution in [3.8, 4) is 0 Å². The van der Waals surface area contributed by atoms with Crippen LogP contribution in [0.2, 0.25) is 0 Å². The maximum Gasteiger partial charge on any atom is 0.220 e. The number of aliphatic hydroxyl groups excluding tert-OH is 11. The van der Waals surface area contributed by atoms with E-state index in [1.807, 2.05) is 12.2 Å². The van der Waals surface area contributed by atoms with E-state index in [1.54, 1.807) is 0 Å². The number of allylic oxidation sites excluding steroid dienone is 12. The number of unbranched alkanes of at least 4 members (excludes halogenated alkanes) is 24. The second-order valence-corrected chi connectivity index (χ2v) is 24.6. The average Bonchev–Trinajstić information content (AvgIpc) is 2.46. The summed E-state index contributed by atoms with van der Waals surface area (Å²) in [5.74, 6) is -0.325. The lowest BCUT2D eigenvalue weighted by molar-refractivity contribution is -0.379. The Labute approximate surface area is 534 Å². The second-order valence-electron chi connectivity index (χ2n) is 24.6. The van der Waals surface area contributed by atoms with Gasteiger partial charge < -0.3 is 89.9 Å². The second kappa shape index (κ2) is 51.6. The molecule has 12 N–H and O–H groups in total. The van der Waals surface area contributed by atoms with E-state index in [0.717, 1.165) is 51.4 Å². The molecule has 3 rings (SSSR count). The van der Waals surface area contributed by atoms with Crippen molar-refractivity contribution in [1.29, 1.82) is 0 Å². The minimum absolute atomic E-state index is 0.138. The van der Waals surface area contributed by atoms with Crippen LogP contribution in [-0.2, 0) is 33.2 Å². The summed E-state index contributed by atoms with van der Waals surface area (Å²) in [4.78, 5) is 13.4. The van der Waals surface area contributed by atoms with Crippen molar-refractivity contribution in [2.75, 3.05) is 26.4 Å². The Hall–Kier alpha value is -2.77. The molecule has 1 amide bonds. The van der Waals surface area contributed by atoms with Gasteiger partial charge in [-0.2, -0.15) is 0 Å². The van der Waals surface area contributed by atoms with Crippen LogP contribution in [0, 0.1) is 0 Å². The molecule has 19 heteroatoms. The highest BCUT2D eigenvalue weighted by molar-refractivity contribution is 5.76. The van der Waals surface area contributed by atoms with Crippen molar-refractivity contribution >= 4 is 5.91 Å². The van der Waals surface area contributed by atoms with Gasteiger partial charge in [0.2, 0.25) is 5.91 Å². The summed E-state index contributed by atoms with van der Waals surface area (Å²) >= 11 is 0. The van der Waals surface area contributed by atoms with E-state index in [2.05, 4.69) is 79.9 Å². The van der Waals surface area contributed by atoms with Gasteiger partial charge in [-0.15, -0.1) is 0 Å². The Morgan fingerprint density at radius 1 is 0.416 bits per heavy atom. The van der Waals surface area contributed by atoms with E-state index >= 15 is 0 Å². The van der Waals surface area contributed by atoms with E-state index in [9.17, 15) is 61.0 Å². The molecule has 17 unspecified atom stereocenters. The van der Waals surface area contributed by atoms with Crippen molar-refractivity contribution in [3.05, 3.63) is 72.9 Å². The molecule has 0 aromatic heterocycles. The Balaban J connectivity index is 1.45. The number of nitrogens with one attached hydrogen (secondary N) is 1. The number of hydrogen-bond acceptors (Lipinski definition) is 18. The minimum atomic E-state index is -1.98. The highest BCUT2D eigenvalue weighted by Crippen LogP contribution is 2.33. The third kappa shape index (κ3) is 33.8. The number of amides is 1. The predicted molar refractivity (Wildman–Crippen MR) is 346 cm³/mol. The van der Waals surface area contributed by atoms with Crippen LogP contribution in [0.4, 0.5) is 0 Å². The summed E-state index contributed by atoms with van der Waals surface area (Å²) in [5.41, 5.74) is 0. The van der Waals surface area contributed by atoms with Gasteiger partial charge in [0.15, 0.2) is 18.9 Å². The lowest BCUT2D eigenvalue weighted by Crippen LogP contribution is -2.66. The molecule has 0 spiro atoms. The fourth-order valence-electron chi connectivity index (χ4n) is 11.5. The van der Waals surface area contributed by atoms with Gasteiger partial charge in [0.25, 0.3) is 0 Å². The molecule has 516 valence electrons. The fraction of sp³-hybridized carbons (Fsp3) is 0.814. The zero-order valence-electron chi connectivity index (χ0n) is 54.4. The van der Waals surface area contributed by atoms with Gasteiger partial charge in [-0.3, -0.25) is 4.79 Å². The summed E-state index contributed by atoms with van der Waals surface area (Å²) in [6, 6.07) is -0.933. The first-order valence-corrected chi connectivity index (χ1v) is 34.7. The average molecular weight is 1270 g/mol. The number of aliphatic hydroxyl groups is 11. The zero-order chi connectivity index (χ0) is 64.7. The molecule has 0 radical (unpaired) electrons. The third-order valence-corrected chi connectivity index (χ3v) is 17.1. The van der Waals surface area contributed by atoms with Crippen LogP contribution in [-0.4, -0.2) is 193 Å². The van der Waals surface area contributed by atoms with Gasteiger partial charge >= 0.3 is 0 Å². The van der Waals surface area contributed by atoms with E-state index in [0.29, 0.717) is 25.7 Å². The maximum absolute atomic E-state index is 13.4. The van der Waals surface area contributed by atoms with Crippen LogP contribution >= 0.6 is 0 Å². The minimum Gasteiger partial charge on any atom is -0.394 e. The summed E-state index contributed by atoms with van der Waals surface area (Å²) in [6.45, 7) is 1.64. The van der Waals surface area contributed by atoms with Gasteiger partial charge in [0.05, 0.1) is 38.6 Å². The fourth-order valence-corrected chi connectivity index (χ4v) is 11.5. The van der Waals surface area contributed by atoms with Gasteiger partial charge in [-0.05, 0) is 51.4 Å². The van der Waals surface area contributed by atoms with Crippen LogP contribution in [0.1, 0.15) is 232 Å². The van der Waals surface area contributed by atoms with Crippen LogP contribution < -0.4 is 5.32 Å². The quantitative estimate of drug-likeness (QED) is 0.0200. The first-order valence-electron chi connectivity index (χ1n) is 34.7. The Bertz CT molecular complexity index is 1900. The van der Waals surface area contributed by atoms with E-state index in [1.165, 1.54) is 135 Å². The zero-order valence-corrected chi connectivity index (χ0v) is 54.4. The van der Waals surface area contributed by atoms with Crippen LogP contribution in [0.15, 0.2) is 72.9 Å². The maximum atomic E-state index is 13.4. The monoisotopic (exact) mass is 1270 g/mol. The summed E-state index contributed by atoms with van der Waals surface area (Å²) in [7, 11) is 0. The highest BCUT2D eigenvalue weighted by atomic mass is 16.8. The highest BCUT2D eigenvalue weighted by Gasteiger charge is 2.53. The molecule has 89 heavy (non-hydrogen) atoms. The molecule has 3 aliphatic heterocycles. The number of carbonyl (C=O) groups is 1. The molecule has 3 aliphatic rings. The van der Waals surface area contributed by atoms with E-state index in [-0.39, 0.29) is 18.9 Å². The third-order valence-electron chi connectivity index (χ3n) is 17.1. The standard InChI is InChI=1S/C70H123NO18/c1-3-5-7-9-11-13-15-17-19-21-23-24-25-26-27-28-30-31-33-35-37-39-41-43-45-47-54(75)53(71-58(76)48-46-44-42-40-38-36-34-32-29-22-20-18-16-14-12-10-8-6-4-2)52-84-68-64(82)61(79)66(56(50-73)86-68)89-70-65(83)62(80)67(57(51-74)87-70)88-69-63(81)60(78)59(77)55(49-72)85-69/h6,8,12,14,18,20,29,32,36,38,42,44,53-57,59-70,72-75,77-83H,3-5,7,9-11,13,15-17,19,21-28,30-31,33-35,37,39-41,43,45-52H2,1-2H3,(H,71,76)/b8-6-,14-12-,20-18-,32-29-,38-36-,44-42-. The number of rotatable bonds is 52. The van der Waals surface area contributed by atoms with Gasteiger partial charge in [-0.1, -0.05) is 247 Å². The first-order chi connectivity index (χ1) is 43.3. The molecule has 0 aromatic rings. The summed E-state index contributed by atoms with van der Waals surface area (Å²) in [6.07, 6.45) is 37.1. The van der Waals surface area contributed by atoms with Crippen molar-refractivity contribution in [3.63, 3.8) is 0 Å². The normalized spacial score (nSPS) is 28.7. The van der Waals surface area contributed by atoms with Gasteiger partial charge in [-0.25, -0.2) is 0 Å². The molecule has 3 saturated heterocycles. The first kappa shape index (κ1) is 80.5. The number of hydrogen-bond donors (Lipinski definition) is 12. The molecular formula is C70H123NO18. The lowest BCUT2D eigenvalue weighted by Gasteiger charge is -2.48. The molecular weight excluding hydrogens is 1140 g/mol. The molecule has 0 aromatic carbocycles. The van der Waals surface area contributed by atoms with Crippen LogP contribution in [0.3, 0.4) is 0 Å². The molecule has 3 fully saturated rings. The van der Waals surface area contributed by atoms with E-state index < -0.39 is 124 Å². The smallest absolute Gasteiger partial charge is 0.220 e. The largest absolute Gasteiger partial charge is 0.394 e. The SMILES string of the molecule is CC/C=C\C/C=C\C/C=C\C/C=C\C/C=C\C/C=C\CCC(=O)NC(COC1OC(CO)C(OC2OC(CO)C(OC3OC(CO)C(O)C(O)C3O)C(O)C2O)C(O)C1O)C(O)CCCCCCCCCCCCCCCCCCCCCCCCCCC. The summed E-state index contributed by atoms with van der Waals surface area (Å²) < 4.78 is 34.4. The van der Waals surface area contributed by atoms with Gasteiger partial charge in [0, 0.05) is 6.42 Å². The molecule has 3 heterocycles. The Morgan fingerprint density at radius 3 is 1.15 bits per heavy atom. The summed E-state index contributed by atoms with van der Waals surface area (Å²) in [5, 5.41) is 121. The predicted octanol–water partition coefficient (Wildman–Crippen LogP) is 8.94. The Morgan fingerprint density at radius 2 is 0.753 bits per heavy atom. The molecule has 0 saturated carbocycles. The molecule has 17 atom stereocenters. The molecule has 0 bridgehead atoms. The van der Waals surface area contributed by atoms with Crippen molar-refractivity contribution in [1.82, 2.24) is 5.32 Å². The van der Waals surface area contributed by atoms with Gasteiger partial charge in [0.1, 0.15) is 73.2 Å². The topological polar surface area (TPSA) is 307 Å².